The first-order valence-corrected chi connectivity index (χ1v) is 7.80. The number of aromatic hydroxyl groups is 1. The summed E-state index contributed by atoms with van der Waals surface area (Å²) in [6.07, 6.45) is 0.192. The van der Waals surface area contributed by atoms with Crippen LogP contribution < -0.4 is 10.2 Å². The molecular formula is C17H20N4O3. The van der Waals surface area contributed by atoms with Crippen molar-refractivity contribution in [3.63, 3.8) is 0 Å². The number of phenolic OH excluding ortho intramolecular Hbond substituents is 1. The summed E-state index contributed by atoms with van der Waals surface area (Å²) < 4.78 is 1.73. The molecule has 0 saturated carbocycles. The third kappa shape index (κ3) is 3.24. The van der Waals surface area contributed by atoms with Crippen LogP contribution in [0.15, 0.2) is 30.3 Å². The van der Waals surface area contributed by atoms with Gasteiger partial charge in [-0.05, 0) is 37.3 Å². The van der Waals surface area contributed by atoms with Crippen molar-refractivity contribution in [2.24, 2.45) is 13.0 Å². The number of aromatic nitrogens is 2. The SMILES string of the molecule is Cc1cc(CNC(=O)[C@@H]2CC(=O)N(c3ccc(O)cc3)C2)n(C)n1. The average molecular weight is 328 g/mol. The van der Waals surface area contributed by atoms with Crippen molar-refractivity contribution >= 4 is 17.5 Å². The van der Waals surface area contributed by atoms with E-state index in [1.807, 2.05) is 20.0 Å². The van der Waals surface area contributed by atoms with Gasteiger partial charge in [0.2, 0.25) is 11.8 Å². The van der Waals surface area contributed by atoms with E-state index >= 15 is 0 Å². The standard InChI is InChI=1S/C17H20N4O3/c1-11-7-14(20(2)19-11)9-18-17(24)12-8-16(23)21(10-12)13-3-5-15(22)6-4-13/h3-7,12,22H,8-10H2,1-2H3,(H,18,24)/t12-/m1/s1. The highest BCUT2D eigenvalue weighted by atomic mass is 16.3. The summed E-state index contributed by atoms with van der Waals surface area (Å²) in [5.74, 6) is -0.451. The Hall–Kier alpha value is -2.83. The second-order valence-electron chi connectivity index (χ2n) is 6.04. The van der Waals surface area contributed by atoms with E-state index in [1.165, 1.54) is 12.1 Å². The first kappa shape index (κ1) is 16.0. The zero-order valence-electron chi connectivity index (χ0n) is 13.7. The maximum Gasteiger partial charge on any atom is 0.227 e. The number of hydrogen-bond donors (Lipinski definition) is 2. The molecule has 3 rings (SSSR count). The highest BCUT2D eigenvalue weighted by Gasteiger charge is 2.35. The number of phenols is 1. The third-order valence-electron chi connectivity index (χ3n) is 4.20. The second kappa shape index (κ2) is 6.35. The maximum absolute atomic E-state index is 12.4. The number of rotatable bonds is 4. The first-order chi connectivity index (χ1) is 11.4. The average Bonchev–Trinajstić information content (AvgIpc) is 3.08. The summed E-state index contributed by atoms with van der Waals surface area (Å²) in [4.78, 5) is 26.1. The topological polar surface area (TPSA) is 87.5 Å². The molecule has 24 heavy (non-hydrogen) atoms. The summed E-state index contributed by atoms with van der Waals surface area (Å²) in [6, 6.07) is 8.32. The van der Waals surface area contributed by atoms with Gasteiger partial charge in [-0.2, -0.15) is 5.10 Å². The van der Waals surface area contributed by atoms with Gasteiger partial charge in [-0.25, -0.2) is 0 Å². The third-order valence-corrected chi connectivity index (χ3v) is 4.20. The Labute approximate surface area is 139 Å². The second-order valence-corrected chi connectivity index (χ2v) is 6.04. The van der Waals surface area contributed by atoms with E-state index < -0.39 is 0 Å². The number of carbonyl (C=O) groups excluding carboxylic acids is 2. The molecule has 2 N–H and O–H groups in total. The molecule has 7 heteroatoms. The Morgan fingerprint density at radius 1 is 1.38 bits per heavy atom. The molecule has 2 heterocycles. The van der Waals surface area contributed by atoms with Gasteiger partial charge in [-0.15, -0.1) is 0 Å². The van der Waals surface area contributed by atoms with E-state index in [0.717, 1.165) is 11.4 Å². The normalized spacial score (nSPS) is 17.3. The van der Waals surface area contributed by atoms with Crippen molar-refractivity contribution in [1.82, 2.24) is 15.1 Å². The summed E-state index contributed by atoms with van der Waals surface area (Å²) in [5.41, 5.74) is 2.51. The fraction of sp³-hybridized carbons (Fsp3) is 0.353. The molecule has 0 radical (unpaired) electrons. The van der Waals surface area contributed by atoms with E-state index in [2.05, 4.69) is 10.4 Å². The van der Waals surface area contributed by atoms with Gasteiger partial charge in [-0.1, -0.05) is 0 Å². The smallest absolute Gasteiger partial charge is 0.227 e. The fourth-order valence-electron chi connectivity index (χ4n) is 2.92. The monoisotopic (exact) mass is 328 g/mol. The van der Waals surface area contributed by atoms with Crippen LogP contribution in [0.5, 0.6) is 5.75 Å². The lowest BCUT2D eigenvalue weighted by Gasteiger charge is -2.16. The lowest BCUT2D eigenvalue weighted by Crippen LogP contribution is -2.33. The summed E-state index contributed by atoms with van der Waals surface area (Å²) in [7, 11) is 1.83. The molecule has 1 saturated heterocycles. The highest BCUT2D eigenvalue weighted by Crippen LogP contribution is 2.26. The summed E-state index contributed by atoms with van der Waals surface area (Å²) in [5, 5.41) is 16.5. The zero-order chi connectivity index (χ0) is 17.3. The number of carbonyl (C=O) groups is 2. The number of nitrogens with zero attached hydrogens (tertiary/aromatic N) is 3. The molecule has 2 aromatic rings. The van der Waals surface area contributed by atoms with Crippen LogP contribution in [0.2, 0.25) is 0 Å². The molecule has 0 bridgehead atoms. The molecule has 126 valence electrons. The van der Waals surface area contributed by atoms with Crippen molar-refractivity contribution in [3.8, 4) is 5.75 Å². The summed E-state index contributed by atoms with van der Waals surface area (Å²) in [6.45, 7) is 2.64. The van der Waals surface area contributed by atoms with Crippen LogP contribution in [-0.2, 0) is 23.2 Å². The minimum absolute atomic E-state index is 0.0859. The molecule has 0 aliphatic carbocycles. The molecule has 1 aromatic carbocycles. The lowest BCUT2D eigenvalue weighted by atomic mass is 10.1. The van der Waals surface area contributed by atoms with Crippen molar-refractivity contribution in [1.29, 1.82) is 0 Å². The quantitative estimate of drug-likeness (QED) is 0.880. The molecule has 7 nitrogen and oxygen atoms in total. The Balaban J connectivity index is 1.61. The van der Waals surface area contributed by atoms with Gasteiger partial charge >= 0.3 is 0 Å². The van der Waals surface area contributed by atoms with Gasteiger partial charge in [0.05, 0.1) is 23.9 Å². The maximum atomic E-state index is 12.4. The molecule has 1 aromatic heterocycles. The highest BCUT2D eigenvalue weighted by molar-refractivity contribution is 6.00. The zero-order valence-corrected chi connectivity index (χ0v) is 13.7. The number of hydrogen-bond acceptors (Lipinski definition) is 4. The van der Waals surface area contributed by atoms with Crippen LogP contribution >= 0.6 is 0 Å². The Bertz CT molecular complexity index is 767. The van der Waals surface area contributed by atoms with Gasteiger partial charge in [0.1, 0.15) is 5.75 Å². The van der Waals surface area contributed by atoms with E-state index in [0.29, 0.717) is 18.8 Å². The van der Waals surface area contributed by atoms with Crippen LogP contribution in [0.4, 0.5) is 5.69 Å². The predicted molar refractivity (Wildman–Crippen MR) is 88.4 cm³/mol. The number of aryl methyl sites for hydroxylation is 2. The van der Waals surface area contributed by atoms with Gasteiger partial charge in [-0.3, -0.25) is 14.3 Å². The van der Waals surface area contributed by atoms with Gasteiger partial charge in [0.25, 0.3) is 0 Å². The molecule has 1 atom stereocenters. The van der Waals surface area contributed by atoms with Gasteiger partial charge in [0.15, 0.2) is 0 Å². The van der Waals surface area contributed by atoms with E-state index in [-0.39, 0.29) is 29.9 Å². The van der Waals surface area contributed by atoms with Crippen LogP contribution in [0.1, 0.15) is 17.8 Å². The first-order valence-electron chi connectivity index (χ1n) is 7.80. The van der Waals surface area contributed by atoms with Gasteiger partial charge in [0, 0.05) is 25.7 Å². The lowest BCUT2D eigenvalue weighted by molar-refractivity contribution is -0.126. The van der Waals surface area contributed by atoms with Crippen molar-refractivity contribution in [2.45, 2.75) is 19.9 Å². The van der Waals surface area contributed by atoms with Crippen molar-refractivity contribution in [3.05, 3.63) is 41.7 Å². The molecule has 2 amide bonds. The minimum atomic E-state index is -0.374. The summed E-state index contributed by atoms with van der Waals surface area (Å²) >= 11 is 0. The number of amides is 2. The molecule has 0 spiro atoms. The van der Waals surface area contributed by atoms with Crippen LogP contribution in [0.25, 0.3) is 0 Å². The van der Waals surface area contributed by atoms with Crippen LogP contribution in [0.3, 0.4) is 0 Å². The number of benzene rings is 1. The largest absolute Gasteiger partial charge is 0.508 e. The number of anilines is 1. The minimum Gasteiger partial charge on any atom is -0.508 e. The van der Waals surface area contributed by atoms with Gasteiger partial charge < -0.3 is 15.3 Å². The Morgan fingerprint density at radius 3 is 2.71 bits per heavy atom. The van der Waals surface area contributed by atoms with Crippen molar-refractivity contribution < 1.29 is 14.7 Å². The van der Waals surface area contributed by atoms with E-state index in [1.54, 1.807) is 21.7 Å². The Morgan fingerprint density at radius 2 is 2.08 bits per heavy atom. The molecule has 1 aliphatic heterocycles. The van der Waals surface area contributed by atoms with Crippen molar-refractivity contribution in [2.75, 3.05) is 11.4 Å². The molecular weight excluding hydrogens is 308 g/mol. The van der Waals surface area contributed by atoms with E-state index in [4.69, 9.17) is 0 Å². The molecule has 0 unspecified atom stereocenters. The van der Waals surface area contributed by atoms with E-state index in [9.17, 15) is 14.7 Å². The molecule has 1 aliphatic rings. The van der Waals surface area contributed by atoms with Crippen LogP contribution in [-0.4, -0.2) is 33.2 Å². The predicted octanol–water partition coefficient (Wildman–Crippen LogP) is 1.10. The number of nitrogens with one attached hydrogen (secondary N) is 1. The fourth-order valence-corrected chi connectivity index (χ4v) is 2.92. The van der Waals surface area contributed by atoms with Crippen LogP contribution in [0, 0.1) is 12.8 Å². The Kier molecular flexibility index (Phi) is 4.24. The molecule has 1 fully saturated rings.